The average Bonchev–Trinajstić information content (AvgIpc) is 2.67. The highest BCUT2D eigenvalue weighted by atomic mass is 19.1. The quantitative estimate of drug-likeness (QED) is 0.684. The van der Waals surface area contributed by atoms with Crippen molar-refractivity contribution in [1.82, 2.24) is 9.13 Å². The zero-order valence-corrected chi connectivity index (χ0v) is 15.3. The molecule has 2 aromatic carbocycles. The van der Waals surface area contributed by atoms with Gasteiger partial charge in [0, 0.05) is 18.1 Å². The van der Waals surface area contributed by atoms with Crippen molar-refractivity contribution in [2.24, 2.45) is 0 Å². The molecule has 144 valence electrons. The lowest BCUT2D eigenvalue weighted by Crippen LogP contribution is -2.41. The number of rotatable bonds is 5. The van der Waals surface area contributed by atoms with E-state index in [0.717, 1.165) is 10.1 Å². The summed E-state index contributed by atoms with van der Waals surface area (Å²) < 4.78 is 20.4. The van der Waals surface area contributed by atoms with Crippen molar-refractivity contribution in [3.8, 4) is 11.4 Å². The summed E-state index contributed by atoms with van der Waals surface area (Å²) in [7, 11) is 1.47. The van der Waals surface area contributed by atoms with E-state index < -0.39 is 22.8 Å². The first-order chi connectivity index (χ1) is 13.4. The van der Waals surface area contributed by atoms with Gasteiger partial charge in [-0.1, -0.05) is 6.07 Å². The van der Waals surface area contributed by atoms with E-state index >= 15 is 0 Å². The SMILES string of the molecule is COc1ccc(C)cc1-n1ccn(CC(=O)Nc2ccc(F)cc2)c(=O)c1=O. The number of anilines is 1. The largest absolute Gasteiger partial charge is 0.495 e. The molecule has 3 rings (SSSR count). The summed E-state index contributed by atoms with van der Waals surface area (Å²) in [5.41, 5.74) is 0.0663. The van der Waals surface area contributed by atoms with Crippen molar-refractivity contribution in [3.63, 3.8) is 0 Å². The van der Waals surface area contributed by atoms with E-state index in [9.17, 15) is 18.8 Å². The number of hydrogen-bond acceptors (Lipinski definition) is 4. The van der Waals surface area contributed by atoms with E-state index in [1.807, 2.05) is 13.0 Å². The van der Waals surface area contributed by atoms with Crippen LogP contribution in [0.15, 0.2) is 64.4 Å². The molecule has 0 aliphatic carbocycles. The molecule has 0 atom stereocenters. The topological polar surface area (TPSA) is 82.3 Å². The van der Waals surface area contributed by atoms with E-state index in [0.29, 0.717) is 17.1 Å². The van der Waals surface area contributed by atoms with Crippen LogP contribution in [0.5, 0.6) is 5.75 Å². The Bertz CT molecular complexity index is 1130. The number of amides is 1. The van der Waals surface area contributed by atoms with E-state index in [1.54, 1.807) is 12.1 Å². The minimum absolute atomic E-state index is 0.350. The van der Waals surface area contributed by atoms with Crippen LogP contribution in [0.1, 0.15) is 5.56 Å². The minimum atomic E-state index is -0.847. The Morgan fingerprint density at radius 1 is 1.07 bits per heavy atom. The summed E-state index contributed by atoms with van der Waals surface area (Å²) in [6.07, 6.45) is 2.77. The first-order valence-corrected chi connectivity index (χ1v) is 8.41. The van der Waals surface area contributed by atoms with Gasteiger partial charge in [-0.3, -0.25) is 23.5 Å². The first-order valence-electron chi connectivity index (χ1n) is 8.41. The number of halogens is 1. The highest BCUT2D eigenvalue weighted by Crippen LogP contribution is 2.22. The number of aromatic nitrogens is 2. The monoisotopic (exact) mass is 383 g/mol. The summed E-state index contributed by atoms with van der Waals surface area (Å²) in [4.78, 5) is 37.1. The average molecular weight is 383 g/mol. The number of aryl methyl sites for hydroxylation is 1. The number of benzene rings is 2. The van der Waals surface area contributed by atoms with Crippen LogP contribution in [0, 0.1) is 12.7 Å². The van der Waals surface area contributed by atoms with Gasteiger partial charge in [0.25, 0.3) is 0 Å². The van der Waals surface area contributed by atoms with Gasteiger partial charge in [-0.2, -0.15) is 0 Å². The summed E-state index contributed by atoms with van der Waals surface area (Å²) in [5, 5.41) is 2.54. The summed E-state index contributed by atoms with van der Waals surface area (Å²) >= 11 is 0. The fourth-order valence-corrected chi connectivity index (χ4v) is 2.70. The number of carbonyl (C=O) groups is 1. The van der Waals surface area contributed by atoms with Gasteiger partial charge in [0.15, 0.2) is 0 Å². The zero-order valence-electron chi connectivity index (χ0n) is 15.3. The van der Waals surface area contributed by atoms with Crippen LogP contribution in [0.3, 0.4) is 0 Å². The third kappa shape index (κ3) is 4.01. The van der Waals surface area contributed by atoms with Crippen LogP contribution in [0.2, 0.25) is 0 Å². The Labute approximate surface area is 159 Å². The minimum Gasteiger partial charge on any atom is -0.495 e. The van der Waals surface area contributed by atoms with Gasteiger partial charge in [-0.05, 0) is 48.9 Å². The van der Waals surface area contributed by atoms with E-state index in [1.165, 1.54) is 48.3 Å². The summed E-state index contributed by atoms with van der Waals surface area (Å²) in [6, 6.07) is 10.5. The standard InChI is InChI=1S/C20H18FN3O4/c1-13-3-8-17(28-2)16(11-13)24-10-9-23(19(26)20(24)27)12-18(25)22-15-6-4-14(21)5-7-15/h3-11H,12H2,1-2H3,(H,22,25). The normalized spacial score (nSPS) is 10.5. The molecule has 1 heterocycles. The molecule has 8 heteroatoms. The van der Waals surface area contributed by atoms with Crippen LogP contribution in [0.4, 0.5) is 10.1 Å². The molecule has 0 unspecified atom stereocenters. The summed E-state index contributed by atoms with van der Waals surface area (Å²) in [6.45, 7) is 1.51. The van der Waals surface area contributed by atoms with Crippen molar-refractivity contribution in [1.29, 1.82) is 0 Å². The van der Waals surface area contributed by atoms with Gasteiger partial charge in [0.1, 0.15) is 18.1 Å². The van der Waals surface area contributed by atoms with Gasteiger partial charge in [-0.15, -0.1) is 0 Å². The molecule has 0 aliphatic rings. The molecule has 28 heavy (non-hydrogen) atoms. The predicted molar refractivity (Wildman–Crippen MR) is 103 cm³/mol. The van der Waals surface area contributed by atoms with E-state index in [2.05, 4.69) is 5.32 Å². The predicted octanol–water partition coefficient (Wildman–Crippen LogP) is 2.09. The maximum Gasteiger partial charge on any atom is 0.321 e. The van der Waals surface area contributed by atoms with Crippen LogP contribution < -0.4 is 21.2 Å². The molecule has 0 saturated carbocycles. The smallest absolute Gasteiger partial charge is 0.321 e. The maximum absolute atomic E-state index is 12.9. The fourth-order valence-electron chi connectivity index (χ4n) is 2.70. The van der Waals surface area contributed by atoms with Crippen molar-refractivity contribution < 1.29 is 13.9 Å². The third-order valence-electron chi connectivity index (χ3n) is 4.09. The van der Waals surface area contributed by atoms with E-state index in [4.69, 9.17) is 4.74 Å². The summed E-state index contributed by atoms with van der Waals surface area (Å²) in [5.74, 6) is -0.498. The number of nitrogens with zero attached hydrogens (tertiary/aromatic N) is 2. The van der Waals surface area contributed by atoms with Crippen molar-refractivity contribution in [2.45, 2.75) is 13.5 Å². The Hall–Kier alpha value is -3.68. The number of carbonyl (C=O) groups excluding carboxylic acids is 1. The third-order valence-corrected chi connectivity index (χ3v) is 4.09. The fraction of sp³-hybridized carbons (Fsp3) is 0.150. The van der Waals surface area contributed by atoms with Crippen LogP contribution in [0.25, 0.3) is 5.69 Å². The molecule has 0 aliphatic heterocycles. The molecular formula is C20H18FN3O4. The second-order valence-electron chi connectivity index (χ2n) is 6.14. The first kappa shape index (κ1) is 19.1. The van der Waals surface area contributed by atoms with Crippen molar-refractivity contribution >= 4 is 11.6 Å². The lowest BCUT2D eigenvalue weighted by Gasteiger charge is -2.13. The molecule has 0 spiro atoms. The molecule has 0 radical (unpaired) electrons. The molecule has 0 bridgehead atoms. The van der Waals surface area contributed by atoms with Crippen molar-refractivity contribution in [3.05, 3.63) is 86.9 Å². The molecule has 1 amide bonds. The van der Waals surface area contributed by atoms with Crippen LogP contribution >= 0.6 is 0 Å². The van der Waals surface area contributed by atoms with Crippen molar-refractivity contribution in [2.75, 3.05) is 12.4 Å². The molecule has 0 fully saturated rings. The Morgan fingerprint density at radius 3 is 2.46 bits per heavy atom. The number of nitrogens with one attached hydrogen (secondary N) is 1. The lowest BCUT2D eigenvalue weighted by atomic mass is 10.2. The second kappa shape index (κ2) is 7.91. The van der Waals surface area contributed by atoms with E-state index in [-0.39, 0.29) is 6.54 Å². The highest BCUT2D eigenvalue weighted by Gasteiger charge is 2.13. The van der Waals surface area contributed by atoms with Gasteiger partial charge < -0.3 is 10.1 Å². The molecule has 3 aromatic rings. The lowest BCUT2D eigenvalue weighted by molar-refractivity contribution is -0.116. The Balaban J connectivity index is 1.87. The maximum atomic E-state index is 12.9. The van der Waals surface area contributed by atoms with Gasteiger partial charge >= 0.3 is 11.1 Å². The Kier molecular flexibility index (Phi) is 5.39. The van der Waals surface area contributed by atoms with Gasteiger partial charge in [-0.25, -0.2) is 4.39 Å². The number of methoxy groups -OCH3 is 1. The molecular weight excluding hydrogens is 365 g/mol. The molecule has 1 N–H and O–H groups in total. The highest BCUT2D eigenvalue weighted by molar-refractivity contribution is 5.90. The van der Waals surface area contributed by atoms with Crippen LogP contribution in [-0.4, -0.2) is 22.2 Å². The number of hydrogen-bond donors (Lipinski definition) is 1. The molecule has 1 aromatic heterocycles. The number of ether oxygens (including phenoxy) is 1. The zero-order chi connectivity index (χ0) is 20.3. The second-order valence-corrected chi connectivity index (χ2v) is 6.14. The van der Waals surface area contributed by atoms with Gasteiger partial charge in [0.05, 0.1) is 12.8 Å². The Morgan fingerprint density at radius 2 is 1.79 bits per heavy atom. The van der Waals surface area contributed by atoms with Gasteiger partial charge in [0.2, 0.25) is 5.91 Å². The molecule has 0 saturated heterocycles. The van der Waals surface area contributed by atoms with Crippen LogP contribution in [-0.2, 0) is 11.3 Å². The molecule has 7 nitrogen and oxygen atoms in total.